The maximum absolute atomic E-state index is 7.09. The number of para-hydroxylation sites is 1. The summed E-state index contributed by atoms with van der Waals surface area (Å²) >= 11 is -1.02. The second kappa shape index (κ2) is 10.8. The molecule has 0 amide bonds. The van der Waals surface area contributed by atoms with E-state index in [4.69, 9.17) is 14.8 Å². The van der Waals surface area contributed by atoms with Gasteiger partial charge in [-0.05, 0) is 0 Å². The first-order valence-electron chi connectivity index (χ1n) is 11.7. The molecule has 0 aliphatic carbocycles. The van der Waals surface area contributed by atoms with Crippen molar-refractivity contribution in [1.82, 2.24) is 0 Å². The van der Waals surface area contributed by atoms with Gasteiger partial charge in [0.2, 0.25) is 0 Å². The molecule has 3 aromatic carbocycles. The molecule has 174 valence electrons. The standard InChI is InChI=1S/C28H36ClGeN2P/c1-21(2)25-19-14-20-26(22(3)4)27(25)32(30-29)33(31-28(5,6)7,23-15-10-8-11-16-23)24-17-12-9-13-18-24/h8-22H,1-7H3. The molecule has 0 spiro atoms. The van der Waals surface area contributed by atoms with Gasteiger partial charge in [-0.2, -0.15) is 0 Å². The fourth-order valence-corrected chi connectivity index (χ4v) is 13.3. The zero-order valence-electron chi connectivity index (χ0n) is 20.9. The molecule has 33 heavy (non-hydrogen) atoms. The molecule has 0 N–H and O–H groups in total. The summed E-state index contributed by atoms with van der Waals surface area (Å²) in [5.41, 5.74) is 3.77. The van der Waals surface area contributed by atoms with E-state index >= 15 is 0 Å². The van der Waals surface area contributed by atoms with E-state index in [2.05, 4.69) is 131 Å². The molecule has 2 nitrogen and oxygen atoms in total. The van der Waals surface area contributed by atoms with Crippen LogP contribution in [0.15, 0.2) is 83.6 Å². The number of benzene rings is 3. The van der Waals surface area contributed by atoms with Crippen LogP contribution in [0.25, 0.3) is 0 Å². The Morgan fingerprint density at radius 1 is 0.727 bits per heavy atom. The second-order valence-electron chi connectivity index (χ2n) is 10.0. The van der Waals surface area contributed by atoms with Gasteiger partial charge in [0.25, 0.3) is 0 Å². The van der Waals surface area contributed by atoms with Crippen LogP contribution in [-0.4, -0.2) is 20.3 Å². The molecule has 2 radical (unpaired) electrons. The van der Waals surface area contributed by atoms with Crippen molar-refractivity contribution < 1.29 is 0 Å². The van der Waals surface area contributed by atoms with Crippen molar-refractivity contribution in [2.75, 3.05) is 3.63 Å². The molecule has 5 heteroatoms. The fraction of sp³-hybridized carbons (Fsp3) is 0.357. The van der Waals surface area contributed by atoms with E-state index in [0.29, 0.717) is 11.8 Å². The first kappa shape index (κ1) is 26.1. The van der Waals surface area contributed by atoms with Gasteiger partial charge in [-0.25, -0.2) is 0 Å². The molecule has 0 aromatic heterocycles. The minimum atomic E-state index is -2.41. The third-order valence-electron chi connectivity index (χ3n) is 5.60. The Kier molecular flexibility index (Phi) is 8.59. The van der Waals surface area contributed by atoms with Gasteiger partial charge in [0.1, 0.15) is 0 Å². The summed E-state index contributed by atoms with van der Waals surface area (Å²) in [4.78, 5) is 0. The van der Waals surface area contributed by atoms with E-state index in [1.807, 2.05) is 0 Å². The predicted octanol–water partition coefficient (Wildman–Crippen LogP) is 8.08. The Morgan fingerprint density at radius 3 is 1.48 bits per heavy atom. The number of nitrogens with zero attached hydrogens (tertiary/aromatic N) is 2. The molecular weight excluding hydrogens is 503 g/mol. The molecule has 0 saturated heterocycles. The van der Waals surface area contributed by atoms with Gasteiger partial charge >= 0.3 is 212 Å². The van der Waals surface area contributed by atoms with Crippen LogP contribution < -0.4 is 14.2 Å². The SMILES string of the molecule is CC(C)c1cccc(C(C)C)c1[N]([Ge][Cl])P(=NC(C)(C)C)(c1ccccc1)c1ccccc1. The van der Waals surface area contributed by atoms with Crippen molar-refractivity contribution >= 4 is 48.2 Å². The molecule has 0 bridgehead atoms. The van der Waals surface area contributed by atoms with E-state index < -0.39 is 21.9 Å². The van der Waals surface area contributed by atoms with Crippen LogP contribution in [0.3, 0.4) is 0 Å². The van der Waals surface area contributed by atoms with Gasteiger partial charge in [-0.1, -0.05) is 0 Å². The Morgan fingerprint density at radius 2 is 1.15 bits per heavy atom. The van der Waals surface area contributed by atoms with E-state index in [1.54, 1.807) is 0 Å². The number of rotatable bonds is 7. The van der Waals surface area contributed by atoms with Crippen LogP contribution in [0.5, 0.6) is 0 Å². The third kappa shape index (κ3) is 5.61. The van der Waals surface area contributed by atoms with Crippen LogP contribution in [0.1, 0.15) is 71.4 Å². The number of anilines is 1. The zero-order chi connectivity index (χ0) is 24.2. The van der Waals surface area contributed by atoms with E-state index in [0.717, 1.165) is 0 Å². The van der Waals surface area contributed by atoms with Crippen molar-refractivity contribution in [2.45, 2.75) is 65.8 Å². The summed E-state index contributed by atoms with van der Waals surface area (Å²) in [6.45, 7) is 15.7. The van der Waals surface area contributed by atoms with Gasteiger partial charge in [0.05, 0.1) is 0 Å². The summed E-state index contributed by atoms with van der Waals surface area (Å²) in [5.74, 6) is 0.776. The first-order chi connectivity index (χ1) is 15.6. The molecule has 0 saturated carbocycles. The molecule has 0 unspecified atom stereocenters. The summed E-state index contributed by atoms with van der Waals surface area (Å²) in [7, 11) is 4.68. The van der Waals surface area contributed by atoms with E-state index in [-0.39, 0.29) is 5.54 Å². The van der Waals surface area contributed by atoms with Crippen molar-refractivity contribution in [3.05, 3.63) is 90.0 Å². The summed E-state index contributed by atoms with van der Waals surface area (Å²) in [6, 6.07) is 28.4. The van der Waals surface area contributed by atoms with Gasteiger partial charge in [-0.3, -0.25) is 0 Å². The predicted molar refractivity (Wildman–Crippen MR) is 150 cm³/mol. The number of halogens is 1. The monoisotopic (exact) mass is 540 g/mol. The van der Waals surface area contributed by atoms with Crippen LogP contribution >= 0.6 is 17.2 Å². The average molecular weight is 540 g/mol. The average Bonchev–Trinajstić information content (AvgIpc) is 2.79. The fourth-order valence-electron chi connectivity index (χ4n) is 4.24. The number of hydrogen-bond acceptors (Lipinski definition) is 1. The Balaban J connectivity index is 2.55. The van der Waals surface area contributed by atoms with Crippen LogP contribution in [0.4, 0.5) is 5.69 Å². The van der Waals surface area contributed by atoms with Crippen molar-refractivity contribution in [3.63, 3.8) is 0 Å². The molecule has 0 atom stereocenters. The molecule has 0 fully saturated rings. The van der Waals surface area contributed by atoms with Gasteiger partial charge in [0.15, 0.2) is 0 Å². The van der Waals surface area contributed by atoms with Gasteiger partial charge in [0, 0.05) is 0 Å². The summed E-state index contributed by atoms with van der Waals surface area (Å²) in [5, 5.41) is 2.51. The first-order valence-corrected chi connectivity index (χ1v) is 17.0. The minimum absolute atomic E-state index is 0.235. The molecule has 0 aliphatic rings. The quantitative estimate of drug-likeness (QED) is 0.219. The van der Waals surface area contributed by atoms with Crippen LogP contribution in [0.2, 0.25) is 0 Å². The molecule has 0 aliphatic heterocycles. The molecular formula is C28H36ClGeN2P. The van der Waals surface area contributed by atoms with Crippen LogP contribution in [0, 0.1) is 0 Å². The van der Waals surface area contributed by atoms with Crippen molar-refractivity contribution in [1.29, 1.82) is 0 Å². The van der Waals surface area contributed by atoms with Crippen molar-refractivity contribution in [2.24, 2.45) is 4.74 Å². The van der Waals surface area contributed by atoms with Gasteiger partial charge < -0.3 is 0 Å². The Labute approximate surface area is 211 Å². The zero-order valence-corrected chi connectivity index (χ0v) is 24.6. The second-order valence-corrected chi connectivity index (χ2v) is 15.8. The van der Waals surface area contributed by atoms with E-state index in [9.17, 15) is 0 Å². The third-order valence-corrected chi connectivity index (χ3v) is 13.9. The molecule has 3 aromatic rings. The molecule has 3 rings (SSSR count). The molecule has 0 heterocycles. The van der Waals surface area contributed by atoms with Crippen LogP contribution in [-0.2, 0) is 0 Å². The normalized spacial score (nSPS) is 12.3. The van der Waals surface area contributed by atoms with Gasteiger partial charge in [-0.15, -0.1) is 0 Å². The number of hydrogen-bond donors (Lipinski definition) is 0. The summed E-state index contributed by atoms with van der Waals surface area (Å²) < 4.78 is 8.28. The topological polar surface area (TPSA) is 15.6 Å². The Bertz CT molecular complexity index is 1040. The maximum atomic E-state index is 7.09. The van der Waals surface area contributed by atoms with Crippen molar-refractivity contribution in [3.8, 4) is 0 Å². The van der Waals surface area contributed by atoms with E-state index in [1.165, 1.54) is 27.4 Å². The summed E-state index contributed by atoms with van der Waals surface area (Å²) in [6.07, 6.45) is 0. The Hall–Kier alpha value is -1.48.